The van der Waals surface area contributed by atoms with Crippen LogP contribution in [-0.4, -0.2) is 27.3 Å². The van der Waals surface area contributed by atoms with Gasteiger partial charge in [-0.3, -0.25) is 9.78 Å². The van der Waals surface area contributed by atoms with Crippen molar-refractivity contribution >= 4 is 21.8 Å². The molecule has 1 aliphatic heterocycles. The Labute approximate surface area is 126 Å². The second kappa shape index (κ2) is 5.71. The molecule has 102 valence electrons. The average molecular weight is 332 g/mol. The molecule has 1 aliphatic rings. The molecule has 2 aromatic rings. The van der Waals surface area contributed by atoms with E-state index in [0.29, 0.717) is 5.69 Å². The van der Waals surface area contributed by atoms with Crippen molar-refractivity contribution in [3.8, 4) is 0 Å². The molecule has 0 aromatic carbocycles. The highest BCUT2D eigenvalue weighted by Gasteiger charge is 2.32. The smallest absolute Gasteiger partial charge is 0.274 e. The van der Waals surface area contributed by atoms with Crippen LogP contribution in [0.4, 0.5) is 0 Å². The van der Waals surface area contributed by atoms with Gasteiger partial charge in [0, 0.05) is 29.6 Å². The Morgan fingerprint density at radius 2 is 2.15 bits per heavy atom. The van der Waals surface area contributed by atoms with Gasteiger partial charge in [-0.1, -0.05) is 6.07 Å². The first-order valence-electron chi connectivity index (χ1n) is 6.59. The molecule has 1 saturated heterocycles. The highest BCUT2D eigenvalue weighted by atomic mass is 79.9. The first kappa shape index (κ1) is 13.2. The van der Waals surface area contributed by atoms with E-state index in [9.17, 15) is 4.79 Å². The lowest BCUT2D eigenvalue weighted by Crippen LogP contribution is -2.31. The summed E-state index contributed by atoms with van der Waals surface area (Å²) >= 11 is 3.40. The van der Waals surface area contributed by atoms with Crippen molar-refractivity contribution in [1.29, 1.82) is 0 Å². The number of nitrogens with zero attached hydrogens (tertiary/aromatic N) is 3. The molecule has 3 rings (SSSR count). The zero-order valence-electron chi connectivity index (χ0n) is 10.9. The third-order valence-electron chi connectivity index (χ3n) is 3.54. The first-order valence-corrected chi connectivity index (χ1v) is 7.38. The molecule has 1 unspecified atom stereocenters. The van der Waals surface area contributed by atoms with Gasteiger partial charge >= 0.3 is 0 Å². The van der Waals surface area contributed by atoms with E-state index in [2.05, 4.69) is 25.9 Å². The van der Waals surface area contributed by atoms with Crippen LogP contribution in [0.1, 0.15) is 34.9 Å². The monoisotopic (exact) mass is 331 g/mol. The Morgan fingerprint density at radius 3 is 2.90 bits per heavy atom. The lowest BCUT2D eigenvalue weighted by Gasteiger charge is -2.24. The van der Waals surface area contributed by atoms with E-state index in [4.69, 9.17) is 0 Å². The number of rotatable bonds is 2. The van der Waals surface area contributed by atoms with Gasteiger partial charge in [-0.2, -0.15) is 0 Å². The quantitative estimate of drug-likeness (QED) is 0.848. The van der Waals surface area contributed by atoms with Crippen molar-refractivity contribution in [2.75, 3.05) is 6.54 Å². The highest BCUT2D eigenvalue weighted by molar-refractivity contribution is 9.10. The molecule has 3 heterocycles. The number of aromatic nitrogens is 2. The summed E-state index contributed by atoms with van der Waals surface area (Å²) in [4.78, 5) is 22.9. The van der Waals surface area contributed by atoms with E-state index >= 15 is 0 Å². The maximum absolute atomic E-state index is 12.7. The van der Waals surface area contributed by atoms with Gasteiger partial charge in [0.2, 0.25) is 0 Å². The number of hydrogen-bond donors (Lipinski definition) is 0. The van der Waals surface area contributed by atoms with Gasteiger partial charge in [0.15, 0.2) is 0 Å². The number of carbonyl (C=O) groups excluding carboxylic acids is 1. The van der Waals surface area contributed by atoms with Gasteiger partial charge < -0.3 is 4.90 Å². The van der Waals surface area contributed by atoms with Gasteiger partial charge in [-0.25, -0.2) is 4.98 Å². The zero-order valence-corrected chi connectivity index (χ0v) is 12.5. The minimum Gasteiger partial charge on any atom is -0.330 e. The predicted molar refractivity (Wildman–Crippen MR) is 79.2 cm³/mol. The van der Waals surface area contributed by atoms with Crippen LogP contribution in [0.2, 0.25) is 0 Å². The van der Waals surface area contributed by atoms with Crippen molar-refractivity contribution in [3.63, 3.8) is 0 Å². The fourth-order valence-electron chi connectivity index (χ4n) is 2.61. The number of amides is 1. The summed E-state index contributed by atoms with van der Waals surface area (Å²) in [6, 6.07) is 7.69. The van der Waals surface area contributed by atoms with Gasteiger partial charge in [0.05, 0.1) is 6.04 Å². The lowest BCUT2D eigenvalue weighted by atomic mass is 10.1. The summed E-state index contributed by atoms with van der Waals surface area (Å²) in [6.45, 7) is 0.765. The average Bonchev–Trinajstić information content (AvgIpc) is 2.97. The van der Waals surface area contributed by atoms with E-state index in [1.54, 1.807) is 12.4 Å². The fourth-order valence-corrected chi connectivity index (χ4v) is 3.03. The third-order valence-corrected chi connectivity index (χ3v) is 4.18. The fraction of sp³-hybridized carbons (Fsp3) is 0.267. The standard InChI is InChI=1S/C15H14BrN3O/c16-12-5-2-8-18-14(12)15(20)19-9-3-6-13(19)11-4-1-7-17-10-11/h1-2,4-5,7-8,10,13H,3,6,9H2. The molecule has 0 N–H and O–H groups in total. The molecule has 0 saturated carbocycles. The van der Waals surface area contributed by atoms with E-state index in [0.717, 1.165) is 29.4 Å². The van der Waals surface area contributed by atoms with Crippen molar-refractivity contribution in [2.24, 2.45) is 0 Å². The molecule has 0 bridgehead atoms. The number of likely N-dealkylation sites (tertiary alicyclic amines) is 1. The van der Waals surface area contributed by atoms with E-state index in [-0.39, 0.29) is 11.9 Å². The summed E-state index contributed by atoms with van der Waals surface area (Å²) in [6.07, 6.45) is 7.22. The lowest BCUT2D eigenvalue weighted by molar-refractivity contribution is 0.0728. The SMILES string of the molecule is O=C(c1ncccc1Br)N1CCCC1c1cccnc1. The highest BCUT2D eigenvalue weighted by Crippen LogP contribution is 2.33. The number of carbonyl (C=O) groups is 1. The number of hydrogen-bond acceptors (Lipinski definition) is 3. The number of pyridine rings is 2. The molecule has 0 aliphatic carbocycles. The summed E-state index contributed by atoms with van der Waals surface area (Å²) in [5, 5.41) is 0. The van der Waals surface area contributed by atoms with E-state index in [1.165, 1.54) is 0 Å². The Morgan fingerprint density at radius 1 is 1.30 bits per heavy atom. The summed E-state index contributed by atoms with van der Waals surface area (Å²) in [7, 11) is 0. The van der Waals surface area contributed by atoms with Crippen LogP contribution in [-0.2, 0) is 0 Å². The second-order valence-electron chi connectivity index (χ2n) is 4.78. The van der Waals surface area contributed by atoms with Gasteiger partial charge in [-0.05, 0) is 52.5 Å². The summed E-state index contributed by atoms with van der Waals surface area (Å²) < 4.78 is 0.738. The molecule has 0 spiro atoms. The van der Waals surface area contributed by atoms with Crippen LogP contribution < -0.4 is 0 Å². The van der Waals surface area contributed by atoms with Crippen molar-refractivity contribution in [3.05, 3.63) is 58.6 Å². The van der Waals surface area contributed by atoms with Crippen LogP contribution in [0.15, 0.2) is 47.3 Å². The second-order valence-corrected chi connectivity index (χ2v) is 5.63. The topological polar surface area (TPSA) is 46.1 Å². The Bertz CT molecular complexity index is 618. The maximum atomic E-state index is 12.7. The Balaban J connectivity index is 1.90. The molecule has 1 fully saturated rings. The van der Waals surface area contributed by atoms with E-state index in [1.807, 2.05) is 35.4 Å². The van der Waals surface area contributed by atoms with Crippen LogP contribution in [0, 0.1) is 0 Å². The minimum absolute atomic E-state index is 0.0242. The molecular weight excluding hydrogens is 318 g/mol. The Hall–Kier alpha value is -1.75. The normalized spacial score (nSPS) is 18.2. The Kier molecular flexibility index (Phi) is 3.78. The van der Waals surface area contributed by atoms with Crippen molar-refractivity contribution in [2.45, 2.75) is 18.9 Å². The van der Waals surface area contributed by atoms with Crippen molar-refractivity contribution < 1.29 is 4.79 Å². The predicted octanol–water partition coefficient (Wildman–Crippen LogP) is 3.22. The van der Waals surface area contributed by atoms with Gasteiger partial charge in [0.1, 0.15) is 5.69 Å². The summed E-state index contributed by atoms with van der Waals surface area (Å²) in [5.41, 5.74) is 1.56. The van der Waals surface area contributed by atoms with Crippen LogP contribution in [0.3, 0.4) is 0 Å². The molecule has 1 amide bonds. The molecular formula is C15H14BrN3O. The van der Waals surface area contributed by atoms with Crippen molar-refractivity contribution in [1.82, 2.24) is 14.9 Å². The molecule has 1 atom stereocenters. The summed E-state index contributed by atoms with van der Waals surface area (Å²) in [5.74, 6) is -0.0242. The van der Waals surface area contributed by atoms with Crippen LogP contribution >= 0.6 is 15.9 Å². The van der Waals surface area contributed by atoms with Crippen LogP contribution in [0.5, 0.6) is 0 Å². The molecule has 2 aromatic heterocycles. The minimum atomic E-state index is -0.0242. The van der Waals surface area contributed by atoms with Gasteiger partial charge in [0.25, 0.3) is 5.91 Å². The molecule has 0 radical (unpaired) electrons. The maximum Gasteiger partial charge on any atom is 0.274 e. The molecule has 20 heavy (non-hydrogen) atoms. The van der Waals surface area contributed by atoms with Crippen LogP contribution in [0.25, 0.3) is 0 Å². The third kappa shape index (κ3) is 2.45. The van der Waals surface area contributed by atoms with E-state index < -0.39 is 0 Å². The van der Waals surface area contributed by atoms with Gasteiger partial charge in [-0.15, -0.1) is 0 Å². The molecule has 4 nitrogen and oxygen atoms in total. The largest absolute Gasteiger partial charge is 0.330 e. The zero-order chi connectivity index (χ0) is 13.9. The molecule has 5 heteroatoms. The first-order chi connectivity index (χ1) is 9.77. The number of halogens is 1.